The van der Waals surface area contributed by atoms with E-state index in [0.29, 0.717) is 12.8 Å². The van der Waals surface area contributed by atoms with Crippen LogP contribution in [0.3, 0.4) is 0 Å². The minimum absolute atomic E-state index is 0.0391. The van der Waals surface area contributed by atoms with Crippen molar-refractivity contribution < 1.29 is 38.4 Å². The Labute approximate surface area is 213 Å². The zero-order valence-electron chi connectivity index (χ0n) is 20.5. The molecule has 37 heavy (non-hydrogen) atoms. The Morgan fingerprint density at radius 3 is 2.35 bits per heavy atom. The first-order valence-electron chi connectivity index (χ1n) is 11.7. The molecule has 0 aliphatic carbocycles. The second-order valence-corrected chi connectivity index (χ2v) is 9.00. The number of carbonyl (C=O) groups is 4. The molecule has 2 N–H and O–H groups in total. The van der Waals surface area contributed by atoms with Crippen LogP contribution < -0.4 is 10.1 Å². The van der Waals surface area contributed by atoms with Gasteiger partial charge >= 0.3 is 18.2 Å². The molecule has 1 aliphatic heterocycles. The highest BCUT2D eigenvalue weighted by molar-refractivity contribution is 5.92. The van der Waals surface area contributed by atoms with Crippen LogP contribution in [0.5, 0.6) is 5.75 Å². The average Bonchev–Trinajstić information content (AvgIpc) is 3.26. The normalized spacial score (nSPS) is 19.5. The molecule has 0 saturated carbocycles. The van der Waals surface area contributed by atoms with Crippen molar-refractivity contribution in [3.05, 3.63) is 70.3 Å². The van der Waals surface area contributed by atoms with Crippen LogP contribution in [-0.4, -0.2) is 75.6 Å². The number of rotatable bonds is 8. The molecular formula is C25H29N4O8+. The third-order valence-corrected chi connectivity index (χ3v) is 6.51. The van der Waals surface area contributed by atoms with E-state index in [2.05, 4.69) is 5.32 Å². The summed E-state index contributed by atoms with van der Waals surface area (Å²) in [5.74, 6) is -0.479. The standard InChI is InChI=1S/C25H28N4O8/c1-17-7-6-14-29(17,25(33)34)24(32)27(2)16-22(30)21(15-18-8-4-3-5-9-18)26-23(31)37-20-12-10-19(11-13-20)28(35)36/h3-5,8-13,17,21H,6-7,14-16H2,1-2H3,(H-,26,31,33,34)/p+1/t17-,21+,29?/m1/s1. The number of nitrogens with zero attached hydrogens (tertiary/aromatic N) is 3. The van der Waals surface area contributed by atoms with Crippen molar-refractivity contribution in [3.8, 4) is 5.75 Å². The topological polar surface area (TPSA) is 156 Å². The van der Waals surface area contributed by atoms with Gasteiger partial charge in [-0.15, -0.1) is 4.48 Å². The Morgan fingerprint density at radius 2 is 1.81 bits per heavy atom. The summed E-state index contributed by atoms with van der Waals surface area (Å²) < 4.78 is 4.40. The summed E-state index contributed by atoms with van der Waals surface area (Å²) in [6, 6.07) is 11.5. The van der Waals surface area contributed by atoms with Crippen LogP contribution in [-0.2, 0) is 11.2 Å². The maximum Gasteiger partial charge on any atom is 0.523 e. The zero-order valence-corrected chi connectivity index (χ0v) is 20.5. The number of likely N-dealkylation sites (tertiary alicyclic amines) is 1. The van der Waals surface area contributed by atoms with Crippen molar-refractivity contribution in [2.45, 2.75) is 38.3 Å². The van der Waals surface area contributed by atoms with E-state index >= 15 is 0 Å². The van der Waals surface area contributed by atoms with Gasteiger partial charge in [-0.05, 0) is 31.0 Å². The molecule has 0 bridgehead atoms. The fourth-order valence-corrected chi connectivity index (χ4v) is 4.45. The second-order valence-electron chi connectivity index (χ2n) is 9.00. The van der Waals surface area contributed by atoms with Crippen LogP contribution in [0.1, 0.15) is 25.3 Å². The molecular weight excluding hydrogens is 484 g/mol. The first kappa shape index (κ1) is 27.3. The van der Waals surface area contributed by atoms with Crippen molar-refractivity contribution >= 4 is 29.7 Å². The Balaban J connectivity index is 1.74. The van der Waals surface area contributed by atoms with Gasteiger partial charge in [-0.3, -0.25) is 19.8 Å². The molecule has 1 aliphatic rings. The zero-order chi connectivity index (χ0) is 27.2. The maximum absolute atomic E-state index is 13.2. The molecule has 12 heteroatoms. The number of ether oxygens (including phenoxy) is 1. The summed E-state index contributed by atoms with van der Waals surface area (Å²) in [5.41, 5.74) is 0.569. The lowest BCUT2D eigenvalue weighted by molar-refractivity contribution is -0.790. The smallest absolute Gasteiger partial charge is 0.435 e. The van der Waals surface area contributed by atoms with Crippen LogP contribution in [0, 0.1) is 10.1 Å². The van der Waals surface area contributed by atoms with Crippen LogP contribution in [0.25, 0.3) is 0 Å². The fraction of sp³-hybridized carbons (Fsp3) is 0.360. The Morgan fingerprint density at radius 1 is 1.16 bits per heavy atom. The number of Topliss-reactive ketones (excluding diaryl/α,β-unsaturated/α-hetero) is 1. The van der Waals surface area contributed by atoms with E-state index in [-0.39, 0.29) is 24.4 Å². The van der Waals surface area contributed by atoms with E-state index in [1.807, 2.05) is 0 Å². The SMILES string of the molecule is C[C@@H]1CCC[N+]1(C(=O)O)C(=O)N(C)CC(=O)[C@H](Cc1ccccc1)NC(=O)Oc1ccc([N+](=O)[O-])cc1. The van der Waals surface area contributed by atoms with Gasteiger partial charge in [0.1, 0.15) is 11.8 Å². The quantitative estimate of drug-likeness (QED) is 0.308. The third-order valence-electron chi connectivity index (χ3n) is 6.51. The number of nitrogens with one attached hydrogen (secondary N) is 1. The minimum atomic E-state index is -1.26. The molecule has 0 aromatic heterocycles. The number of ketones is 1. The lowest BCUT2D eigenvalue weighted by Crippen LogP contribution is -2.63. The van der Waals surface area contributed by atoms with E-state index in [1.165, 1.54) is 31.3 Å². The van der Waals surface area contributed by atoms with Gasteiger partial charge in [0.05, 0.1) is 24.1 Å². The van der Waals surface area contributed by atoms with Crippen molar-refractivity contribution in [3.63, 3.8) is 0 Å². The van der Waals surface area contributed by atoms with Gasteiger partial charge in [0.2, 0.25) is 0 Å². The summed E-state index contributed by atoms with van der Waals surface area (Å²) >= 11 is 0. The van der Waals surface area contributed by atoms with Gasteiger partial charge < -0.3 is 15.2 Å². The number of carboxylic acid groups (broad SMARTS) is 1. The number of benzene rings is 2. The van der Waals surface area contributed by atoms with Crippen molar-refractivity contribution in [2.24, 2.45) is 0 Å². The van der Waals surface area contributed by atoms with E-state index in [1.54, 1.807) is 37.3 Å². The van der Waals surface area contributed by atoms with Crippen LogP contribution in [0.2, 0.25) is 0 Å². The molecule has 196 valence electrons. The Bertz CT molecular complexity index is 1170. The number of nitro groups is 1. The molecule has 1 heterocycles. The molecule has 0 radical (unpaired) electrons. The number of amides is 4. The Hall–Kier alpha value is -4.32. The van der Waals surface area contributed by atoms with Gasteiger partial charge in [-0.2, -0.15) is 4.79 Å². The van der Waals surface area contributed by atoms with Gasteiger partial charge in [0.15, 0.2) is 5.78 Å². The summed E-state index contributed by atoms with van der Waals surface area (Å²) in [4.78, 5) is 62.3. The number of imide groups is 1. The number of nitro benzene ring substituents is 1. The molecule has 12 nitrogen and oxygen atoms in total. The molecule has 1 saturated heterocycles. The van der Waals surface area contributed by atoms with E-state index in [0.717, 1.165) is 10.5 Å². The fourth-order valence-electron chi connectivity index (χ4n) is 4.45. The maximum atomic E-state index is 13.2. The number of carbonyl (C=O) groups excluding carboxylic acids is 3. The average molecular weight is 514 g/mol. The largest absolute Gasteiger partial charge is 0.523 e. The molecule has 0 spiro atoms. The first-order valence-corrected chi connectivity index (χ1v) is 11.7. The molecule has 4 amide bonds. The molecule has 3 atom stereocenters. The highest BCUT2D eigenvalue weighted by Crippen LogP contribution is 2.29. The third kappa shape index (κ3) is 6.28. The highest BCUT2D eigenvalue weighted by atomic mass is 16.6. The molecule has 1 fully saturated rings. The van der Waals surface area contributed by atoms with Crippen LogP contribution >= 0.6 is 0 Å². The summed E-state index contributed by atoms with van der Waals surface area (Å²) in [5, 5.41) is 23.1. The monoisotopic (exact) mass is 513 g/mol. The summed E-state index contributed by atoms with van der Waals surface area (Å²) in [6.07, 6.45) is -0.966. The number of hydrogen-bond donors (Lipinski definition) is 2. The molecule has 1 unspecified atom stereocenters. The predicted molar refractivity (Wildman–Crippen MR) is 131 cm³/mol. The summed E-state index contributed by atoms with van der Waals surface area (Å²) in [6.45, 7) is 1.41. The van der Waals surface area contributed by atoms with Gasteiger partial charge in [-0.1, -0.05) is 30.3 Å². The molecule has 2 aromatic rings. The lowest BCUT2D eigenvalue weighted by atomic mass is 10.0. The molecule has 2 aromatic carbocycles. The highest BCUT2D eigenvalue weighted by Gasteiger charge is 2.54. The van der Waals surface area contributed by atoms with Crippen molar-refractivity contribution in [2.75, 3.05) is 20.1 Å². The van der Waals surface area contributed by atoms with Crippen LogP contribution in [0.4, 0.5) is 20.1 Å². The van der Waals surface area contributed by atoms with Crippen LogP contribution in [0.15, 0.2) is 54.6 Å². The number of urea groups is 1. The van der Waals surface area contributed by atoms with Gasteiger partial charge in [0.25, 0.3) is 5.69 Å². The lowest BCUT2D eigenvalue weighted by Gasteiger charge is -2.33. The van der Waals surface area contributed by atoms with Gasteiger partial charge in [-0.25, -0.2) is 9.59 Å². The van der Waals surface area contributed by atoms with Gasteiger partial charge in [0, 0.05) is 32.0 Å². The number of hydrogen-bond acceptors (Lipinski definition) is 7. The van der Waals surface area contributed by atoms with Crippen molar-refractivity contribution in [1.29, 1.82) is 0 Å². The van der Waals surface area contributed by atoms with Crippen molar-refractivity contribution in [1.82, 2.24) is 10.2 Å². The van der Waals surface area contributed by atoms with E-state index in [4.69, 9.17) is 4.74 Å². The summed E-state index contributed by atoms with van der Waals surface area (Å²) in [7, 11) is 1.36. The first-order chi connectivity index (χ1) is 17.5. The van der Waals surface area contributed by atoms with E-state index in [9.17, 15) is 34.4 Å². The number of non-ortho nitro benzene ring substituents is 1. The number of likely N-dealkylation sites (N-methyl/N-ethyl adjacent to an activating group) is 1. The second kappa shape index (κ2) is 11.6. The number of quaternary nitrogens is 1. The van der Waals surface area contributed by atoms with E-state index < -0.39 is 52.0 Å². The Kier molecular flexibility index (Phi) is 8.56. The molecule has 3 rings (SSSR count). The minimum Gasteiger partial charge on any atom is -0.435 e. The predicted octanol–water partition coefficient (Wildman–Crippen LogP) is 3.59.